The minimum atomic E-state index is -3.07. The first-order chi connectivity index (χ1) is 10.5. The topological polar surface area (TPSA) is 86.4 Å². The molecule has 120 valence electrons. The van der Waals surface area contributed by atoms with Crippen molar-refractivity contribution < 1.29 is 13.2 Å². The van der Waals surface area contributed by atoms with E-state index in [0.717, 1.165) is 18.5 Å². The van der Waals surface area contributed by atoms with Gasteiger partial charge >= 0.3 is 0 Å². The molecule has 3 fully saturated rings. The minimum Gasteiger partial charge on any atom is -0.347 e. The fraction of sp³-hybridized carbons (Fsp3) is 0.714. The summed E-state index contributed by atoms with van der Waals surface area (Å²) in [5.74, 6) is 0.562. The number of H-pyrrole nitrogens is 1. The lowest BCUT2D eigenvalue weighted by atomic mass is 10.0. The first kappa shape index (κ1) is 14.2. The van der Waals surface area contributed by atoms with Crippen LogP contribution >= 0.6 is 0 Å². The third kappa shape index (κ3) is 2.54. The second-order valence-corrected chi connectivity index (χ2v) is 8.72. The summed E-state index contributed by atoms with van der Waals surface area (Å²) in [6.45, 7) is 2.00. The number of rotatable bonds is 3. The van der Waals surface area contributed by atoms with E-state index in [9.17, 15) is 13.2 Å². The molecule has 1 aromatic rings. The van der Waals surface area contributed by atoms with E-state index in [0.29, 0.717) is 19.6 Å². The largest absolute Gasteiger partial charge is 0.347 e. The van der Waals surface area contributed by atoms with Crippen LogP contribution in [0.4, 0.5) is 0 Å². The molecule has 8 heteroatoms. The zero-order valence-corrected chi connectivity index (χ0v) is 13.1. The lowest BCUT2D eigenvalue weighted by Crippen LogP contribution is -2.60. The molecule has 1 aliphatic carbocycles. The highest BCUT2D eigenvalue weighted by atomic mass is 32.2. The summed E-state index contributed by atoms with van der Waals surface area (Å²) in [5.41, 5.74) is 0.977. The van der Waals surface area contributed by atoms with Gasteiger partial charge in [-0.3, -0.25) is 9.69 Å². The van der Waals surface area contributed by atoms with E-state index < -0.39 is 9.84 Å². The molecule has 0 radical (unpaired) electrons. The summed E-state index contributed by atoms with van der Waals surface area (Å²) in [5, 5.41) is 0. The number of aromatic amines is 1. The Labute approximate surface area is 129 Å². The molecule has 4 rings (SSSR count). The quantitative estimate of drug-likeness (QED) is 0.820. The molecule has 3 aliphatic rings. The van der Waals surface area contributed by atoms with Crippen molar-refractivity contribution in [2.24, 2.45) is 5.92 Å². The number of imidazole rings is 1. The molecule has 2 saturated heterocycles. The van der Waals surface area contributed by atoms with Gasteiger partial charge in [0.25, 0.3) is 0 Å². The molecule has 0 aromatic carbocycles. The predicted molar refractivity (Wildman–Crippen MR) is 79.7 cm³/mol. The molecule has 2 atom stereocenters. The molecule has 1 saturated carbocycles. The van der Waals surface area contributed by atoms with Crippen LogP contribution in [-0.4, -0.2) is 70.8 Å². The molecule has 1 aromatic heterocycles. The molecule has 7 nitrogen and oxygen atoms in total. The summed E-state index contributed by atoms with van der Waals surface area (Å²) in [4.78, 5) is 23.5. The highest BCUT2D eigenvalue weighted by Gasteiger charge is 2.49. The number of carbonyl (C=O) groups excluding carboxylic acids is 1. The van der Waals surface area contributed by atoms with Crippen molar-refractivity contribution in [3.05, 3.63) is 18.2 Å². The van der Waals surface area contributed by atoms with Crippen LogP contribution in [0.3, 0.4) is 0 Å². The minimum absolute atomic E-state index is 0.0928. The highest BCUT2D eigenvalue weighted by molar-refractivity contribution is 7.91. The highest BCUT2D eigenvalue weighted by Crippen LogP contribution is 2.35. The van der Waals surface area contributed by atoms with Crippen LogP contribution in [0.1, 0.15) is 18.5 Å². The lowest BCUT2D eigenvalue weighted by Gasteiger charge is -2.43. The number of carbonyl (C=O) groups is 1. The number of hydrogen-bond donors (Lipinski definition) is 1. The first-order valence-corrected chi connectivity index (χ1v) is 9.58. The molecule has 1 N–H and O–H groups in total. The zero-order valence-electron chi connectivity index (χ0n) is 12.3. The Kier molecular flexibility index (Phi) is 3.26. The Bertz CT molecular complexity index is 668. The summed E-state index contributed by atoms with van der Waals surface area (Å²) in [6.07, 6.45) is 5.31. The van der Waals surface area contributed by atoms with E-state index in [1.165, 1.54) is 0 Å². The Morgan fingerprint density at radius 3 is 2.73 bits per heavy atom. The summed E-state index contributed by atoms with van der Waals surface area (Å²) < 4.78 is 24.2. The van der Waals surface area contributed by atoms with Gasteiger partial charge in [-0.2, -0.15) is 0 Å². The Morgan fingerprint density at radius 1 is 1.27 bits per heavy atom. The molecular formula is C14H20N4O3S. The predicted octanol–water partition coefficient (Wildman–Crippen LogP) is -0.370. The zero-order chi connectivity index (χ0) is 15.3. The van der Waals surface area contributed by atoms with Crippen LogP contribution in [0.2, 0.25) is 0 Å². The number of nitrogens with one attached hydrogen (secondary N) is 1. The van der Waals surface area contributed by atoms with Gasteiger partial charge in [-0.25, -0.2) is 13.4 Å². The van der Waals surface area contributed by atoms with Gasteiger partial charge in [0.05, 0.1) is 23.9 Å². The second kappa shape index (κ2) is 5.06. The molecule has 3 heterocycles. The number of amides is 1. The molecule has 0 unspecified atom stereocenters. The van der Waals surface area contributed by atoms with Crippen molar-refractivity contribution in [3.8, 4) is 0 Å². The van der Waals surface area contributed by atoms with E-state index in [1.54, 1.807) is 12.5 Å². The number of piperazine rings is 1. The normalized spacial score (nSPS) is 31.2. The fourth-order valence-corrected chi connectivity index (χ4v) is 5.66. The third-order valence-corrected chi connectivity index (χ3v) is 6.63. The van der Waals surface area contributed by atoms with Crippen LogP contribution in [0, 0.1) is 5.92 Å². The number of hydrogen-bond acceptors (Lipinski definition) is 5. The van der Waals surface area contributed by atoms with E-state index in [-0.39, 0.29) is 35.4 Å². The van der Waals surface area contributed by atoms with Crippen LogP contribution < -0.4 is 0 Å². The molecule has 2 aliphatic heterocycles. The summed E-state index contributed by atoms with van der Waals surface area (Å²) in [6, 6.07) is -0.278. The average Bonchev–Trinajstić information content (AvgIpc) is 3.09. The average molecular weight is 324 g/mol. The number of nitrogens with zero attached hydrogens (tertiary/aromatic N) is 3. The molecule has 0 bridgehead atoms. The van der Waals surface area contributed by atoms with Gasteiger partial charge in [-0.15, -0.1) is 0 Å². The van der Waals surface area contributed by atoms with Crippen LogP contribution in [0.15, 0.2) is 12.5 Å². The second-order valence-electron chi connectivity index (χ2n) is 6.56. The lowest BCUT2D eigenvalue weighted by molar-refractivity contribution is -0.138. The molecule has 0 spiro atoms. The van der Waals surface area contributed by atoms with E-state index in [1.807, 2.05) is 4.90 Å². The molecular weight excluding hydrogens is 304 g/mol. The smallest absolute Gasteiger partial charge is 0.226 e. The van der Waals surface area contributed by atoms with Gasteiger partial charge in [0, 0.05) is 43.5 Å². The van der Waals surface area contributed by atoms with Gasteiger partial charge in [-0.05, 0) is 12.8 Å². The van der Waals surface area contributed by atoms with Crippen molar-refractivity contribution in [1.82, 2.24) is 19.8 Å². The first-order valence-electron chi connectivity index (χ1n) is 7.76. The van der Waals surface area contributed by atoms with Crippen molar-refractivity contribution in [2.75, 3.05) is 24.6 Å². The van der Waals surface area contributed by atoms with E-state index >= 15 is 0 Å². The van der Waals surface area contributed by atoms with Crippen molar-refractivity contribution in [2.45, 2.75) is 31.5 Å². The molecule has 22 heavy (non-hydrogen) atoms. The van der Waals surface area contributed by atoms with Crippen LogP contribution in [0.25, 0.3) is 0 Å². The maximum Gasteiger partial charge on any atom is 0.226 e. The number of aromatic nitrogens is 2. The van der Waals surface area contributed by atoms with Gasteiger partial charge in [0.2, 0.25) is 5.91 Å². The Morgan fingerprint density at radius 2 is 2.05 bits per heavy atom. The molecule has 1 amide bonds. The standard InChI is InChI=1S/C14H20N4O3S/c19-14(10-1-2-10)18-4-3-17(6-11-5-15-9-16-11)12-7-22(20,21)8-13(12)18/h5,9-10,12-13H,1-4,6-8H2,(H,15,16)/t12-,13+/m1/s1. The van der Waals surface area contributed by atoms with E-state index in [2.05, 4.69) is 14.9 Å². The summed E-state index contributed by atoms with van der Waals surface area (Å²) in [7, 11) is -3.07. The van der Waals surface area contributed by atoms with Crippen molar-refractivity contribution >= 4 is 15.7 Å². The monoisotopic (exact) mass is 324 g/mol. The van der Waals surface area contributed by atoms with Crippen LogP contribution in [-0.2, 0) is 21.2 Å². The third-order valence-electron chi connectivity index (χ3n) is 4.93. The fourth-order valence-electron chi connectivity index (χ4n) is 3.65. The Balaban J connectivity index is 1.56. The maximum atomic E-state index is 12.4. The van der Waals surface area contributed by atoms with E-state index in [4.69, 9.17) is 0 Å². The van der Waals surface area contributed by atoms with Gasteiger partial charge in [0.15, 0.2) is 9.84 Å². The van der Waals surface area contributed by atoms with Crippen LogP contribution in [0.5, 0.6) is 0 Å². The Hall–Kier alpha value is -1.41. The van der Waals surface area contributed by atoms with Gasteiger partial charge < -0.3 is 9.88 Å². The number of fused-ring (bicyclic) bond motifs is 1. The SMILES string of the molecule is O=C(C1CC1)N1CCN(Cc2cnc[nH]2)[C@@H]2CS(=O)(=O)C[C@@H]21. The van der Waals surface area contributed by atoms with Crippen molar-refractivity contribution in [1.29, 1.82) is 0 Å². The van der Waals surface area contributed by atoms with Crippen molar-refractivity contribution in [3.63, 3.8) is 0 Å². The maximum absolute atomic E-state index is 12.4. The van der Waals surface area contributed by atoms with Gasteiger partial charge in [-0.1, -0.05) is 0 Å². The number of sulfone groups is 1. The van der Waals surface area contributed by atoms with Gasteiger partial charge in [0.1, 0.15) is 0 Å². The summed E-state index contributed by atoms with van der Waals surface area (Å²) >= 11 is 0.